The van der Waals surface area contributed by atoms with E-state index in [4.69, 9.17) is 9.16 Å². The maximum absolute atomic E-state index is 12.0. The number of benzene rings is 2. The third-order valence-electron chi connectivity index (χ3n) is 5.42. The molecule has 3 nitrogen and oxygen atoms in total. The van der Waals surface area contributed by atoms with Gasteiger partial charge in [-0.3, -0.25) is 4.79 Å². The molecule has 28 heavy (non-hydrogen) atoms. The molecule has 4 heteroatoms. The van der Waals surface area contributed by atoms with Crippen LogP contribution in [0.3, 0.4) is 0 Å². The van der Waals surface area contributed by atoms with Crippen LogP contribution in [0, 0.1) is 5.41 Å². The van der Waals surface area contributed by atoms with Gasteiger partial charge < -0.3 is 9.16 Å². The van der Waals surface area contributed by atoms with Gasteiger partial charge in [-0.15, -0.1) is 0 Å². The highest BCUT2D eigenvalue weighted by molar-refractivity contribution is 6.99. The summed E-state index contributed by atoms with van der Waals surface area (Å²) in [4.78, 5) is 12.0. The van der Waals surface area contributed by atoms with Crippen molar-refractivity contribution < 1.29 is 14.0 Å². The van der Waals surface area contributed by atoms with E-state index in [0.717, 1.165) is 12.8 Å². The molecule has 0 amide bonds. The first-order valence-electron chi connectivity index (χ1n) is 9.98. The van der Waals surface area contributed by atoms with Crippen LogP contribution in [0.15, 0.2) is 60.7 Å². The van der Waals surface area contributed by atoms with E-state index in [0.29, 0.717) is 6.61 Å². The van der Waals surface area contributed by atoms with Crippen LogP contribution in [0.5, 0.6) is 0 Å². The van der Waals surface area contributed by atoms with E-state index in [9.17, 15) is 4.79 Å². The number of rotatable bonds is 8. The SMILES string of the molecule is COC(=O)C(C)(C)CCCO[Si](c1ccccc1)(c1ccccc1)C(C)(C)C. The van der Waals surface area contributed by atoms with Gasteiger partial charge >= 0.3 is 5.97 Å². The summed E-state index contributed by atoms with van der Waals surface area (Å²) in [6.45, 7) is 11.3. The smallest absolute Gasteiger partial charge is 0.311 e. The molecule has 0 radical (unpaired) electrons. The molecule has 2 rings (SSSR count). The third kappa shape index (κ3) is 4.73. The molecular formula is C24H34O3Si. The van der Waals surface area contributed by atoms with Crippen LogP contribution in [-0.4, -0.2) is 28.0 Å². The fourth-order valence-electron chi connectivity index (χ4n) is 3.88. The van der Waals surface area contributed by atoms with E-state index in [1.54, 1.807) is 0 Å². The Morgan fingerprint density at radius 3 is 1.71 bits per heavy atom. The number of carbonyl (C=O) groups is 1. The number of esters is 1. The molecule has 0 atom stereocenters. The van der Waals surface area contributed by atoms with Crippen molar-refractivity contribution >= 4 is 24.7 Å². The number of methoxy groups -OCH3 is 1. The summed E-state index contributed by atoms with van der Waals surface area (Å²) in [6, 6.07) is 21.3. The molecule has 0 aliphatic carbocycles. The van der Waals surface area contributed by atoms with Crippen molar-refractivity contribution in [1.29, 1.82) is 0 Å². The molecule has 2 aromatic carbocycles. The lowest BCUT2D eigenvalue weighted by molar-refractivity contribution is -0.151. The molecule has 0 aliphatic rings. The van der Waals surface area contributed by atoms with E-state index < -0.39 is 13.7 Å². The lowest BCUT2D eigenvalue weighted by Crippen LogP contribution is -2.66. The Balaban J connectivity index is 2.33. The Bertz CT molecular complexity index is 709. The summed E-state index contributed by atoms with van der Waals surface area (Å²) >= 11 is 0. The molecule has 2 aromatic rings. The van der Waals surface area contributed by atoms with Crippen LogP contribution in [0.25, 0.3) is 0 Å². The van der Waals surface area contributed by atoms with Crippen molar-refractivity contribution in [1.82, 2.24) is 0 Å². The minimum atomic E-state index is -2.50. The normalized spacial score (nSPS) is 12.6. The number of carbonyl (C=O) groups excluding carboxylic acids is 1. The average molecular weight is 399 g/mol. The van der Waals surface area contributed by atoms with Crippen LogP contribution in [0.2, 0.25) is 5.04 Å². The van der Waals surface area contributed by atoms with Gasteiger partial charge in [0, 0.05) is 6.61 Å². The molecule has 0 heterocycles. The average Bonchev–Trinajstić information content (AvgIpc) is 2.67. The zero-order valence-electron chi connectivity index (χ0n) is 18.1. The second-order valence-electron chi connectivity index (χ2n) is 8.99. The first-order chi connectivity index (χ1) is 13.1. The van der Waals surface area contributed by atoms with Gasteiger partial charge in [0.1, 0.15) is 0 Å². The van der Waals surface area contributed by atoms with E-state index in [1.165, 1.54) is 17.5 Å². The highest BCUT2D eigenvalue weighted by Gasteiger charge is 2.50. The minimum Gasteiger partial charge on any atom is -0.469 e. The summed E-state index contributed by atoms with van der Waals surface area (Å²) in [5.41, 5.74) is -0.496. The van der Waals surface area contributed by atoms with Crippen LogP contribution in [0.4, 0.5) is 0 Å². The van der Waals surface area contributed by atoms with Crippen molar-refractivity contribution in [3.8, 4) is 0 Å². The largest absolute Gasteiger partial charge is 0.469 e. The molecule has 0 fully saturated rings. The van der Waals surface area contributed by atoms with Gasteiger partial charge in [-0.25, -0.2) is 0 Å². The summed E-state index contributed by atoms with van der Waals surface area (Å²) in [5, 5.41) is 2.52. The van der Waals surface area contributed by atoms with E-state index in [1.807, 2.05) is 13.8 Å². The van der Waals surface area contributed by atoms with Crippen molar-refractivity contribution in [2.45, 2.75) is 52.5 Å². The van der Waals surface area contributed by atoms with E-state index in [2.05, 4.69) is 81.4 Å². The molecule has 0 aliphatic heterocycles. The van der Waals surface area contributed by atoms with Gasteiger partial charge in [0.2, 0.25) is 0 Å². The molecule has 0 spiro atoms. The fourth-order valence-corrected chi connectivity index (χ4v) is 8.49. The Hall–Kier alpha value is -1.91. The van der Waals surface area contributed by atoms with Crippen molar-refractivity contribution in [2.24, 2.45) is 5.41 Å². The molecule has 0 N–H and O–H groups in total. The van der Waals surface area contributed by atoms with Crippen LogP contribution >= 0.6 is 0 Å². The van der Waals surface area contributed by atoms with Crippen molar-refractivity contribution in [3.05, 3.63) is 60.7 Å². The monoisotopic (exact) mass is 398 g/mol. The highest BCUT2D eigenvalue weighted by Crippen LogP contribution is 2.37. The zero-order chi connectivity index (χ0) is 20.8. The first-order valence-corrected chi connectivity index (χ1v) is 11.9. The van der Waals surface area contributed by atoms with Crippen molar-refractivity contribution in [3.63, 3.8) is 0 Å². The van der Waals surface area contributed by atoms with Crippen LogP contribution in [0.1, 0.15) is 47.5 Å². The molecule has 0 unspecified atom stereocenters. The molecular weight excluding hydrogens is 364 g/mol. The number of ether oxygens (including phenoxy) is 1. The minimum absolute atomic E-state index is 0.0342. The summed E-state index contributed by atoms with van der Waals surface area (Å²) in [5.74, 6) is -0.169. The summed E-state index contributed by atoms with van der Waals surface area (Å²) in [6.07, 6.45) is 1.55. The molecule has 0 saturated carbocycles. The van der Waals surface area contributed by atoms with Gasteiger partial charge in [0.05, 0.1) is 12.5 Å². The lowest BCUT2D eigenvalue weighted by atomic mass is 9.88. The van der Waals surface area contributed by atoms with Gasteiger partial charge in [-0.1, -0.05) is 81.4 Å². The van der Waals surface area contributed by atoms with E-state index >= 15 is 0 Å². The summed E-state index contributed by atoms with van der Waals surface area (Å²) in [7, 11) is -1.05. The van der Waals surface area contributed by atoms with Gasteiger partial charge in [-0.2, -0.15) is 0 Å². The quantitative estimate of drug-likeness (QED) is 0.372. The highest BCUT2D eigenvalue weighted by atomic mass is 28.4. The molecule has 0 bridgehead atoms. The second kappa shape index (κ2) is 9.06. The van der Waals surface area contributed by atoms with Gasteiger partial charge in [0.15, 0.2) is 0 Å². The van der Waals surface area contributed by atoms with Crippen LogP contribution in [-0.2, 0) is 14.0 Å². The van der Waals surface area contributed by atoms with E-state index in [-0.39, 0.29) is 11.0 Å². The number of hydrogen-bond acceptors (Lipinski definition) is 3. The van der Waals surface area contributed by atoms with Crippen molar-refractivity contribution in [2.75, 3.05) is 13.7 Å². The predicted molar refractivity (Wildman–Crippen MR) is 119 cm³/mol. The third-order valence-corrected chi connectivity index (χ3v) is 10.5. The van der Waals surface area contributed by atoms with Crippen LogP contribution < -0.4 is 10.4 Å². The Kier molecular flexibility index (Phi) is 7.24. The lowest BCUT2D eigenvalue weighted by Gasteiger charge is -2.43. The zero-order valence-corrected chi connectivity index (χ0v) is 19.1. The molecule has 152 valence electrons. The molecule has 0 saturated heterocycles. The first kappa shape index (κ1) is 22.4. The summed E-state index contributed by atoms with van der Waals surface area (Å²) < 4.78 is 11.8. The molecule has 0 aromatic heterocycles. The maximum Gasteiger partial charge on any atom is 0.311 e. The standard InChI is InChI=1S/C24H34O3Si/c1-23(2,3)28(20-14-9-7-10-15-20,21-16-11-8-12-17-21)27-19-13-18-24(4,5)22(25)26-6/h7-12,14-17H,13,18-19H2,1-6H3. The Morgan fingerprint density at radius 2 is 1.32 bits per heavy atom. The maximum atomic E-state index is 12.0. The number of hydrogen-bond donors (Lipinski definition) is 0. The predicted octanol–water partition coefficient (Wildman–Crippen LogP) is 4.54. The van der Waals surface area contributed by atoms with Gasteiger partial charge in [0.25, 0.3) is 8.32 Å². The fraction of sp³-hybridized carbons (Fsp3) is 0.458. The topological polar surface area (TPSA) is 35.5 Å². The van der Waals surface area contributed by atoms with Gasteiger partial charge in [-0.05, 0) is 42.1 Å². The Labute approximate surface area is 171 Å². The second-order valence-corrected chi connectivity index (χ2v) is 13.3. The Morgan fingerprint density at radius 1 is 0.857 bits per heavy atom.